The van der Waals surface area contributed by atoms with Gasteiger partial charge >= 0.3 is 0 Å². The highest BCUT2D eigenvalue weighted by molar-refractivity contribution is 5.60. The summed E-state index contributed by atoms with van der Waals surface area (Å²) in [6, 6.07) is 16.9. The van der Waals surface area contributed by atoms with Gasteiger partial charge in [-0.1, -0.05) is 66.9 Å². The van der Waals surface area contributed by atoms with Crippen LogP contribution in [0.5, 0.6) is 0 Å². The zero-order valence-electron chi connectivity index (χ0n) is 16.3. The van der Waals surface area contributed by atoms with Crippen molar-refractivity contribution in [3.8, 4) is 22.8 Å². The van der Waals surface area contributed by atoms with Crippen molar-refractivity contribution in [2.45, 2.75) is 58.3 Å². The summed E-state index contributed by atoms with van der Waals surface area (Å²) in [5.74, 6) is 2.88. The van der Waals surface area contributed by atoms with Crippen LogP contribution in [-0.2, 0) is 0 Å². The first-order valence-electron chi connectivity index (χ1n) is 10.2. The fourth-order valence-electron chi connectivity index (χ4n) is 4.25. The maximum atomic E-state index is 5.50. The molecular formula is C24H28N2O. The molecule has 1 aromatic heterocycles. The Bertz CT molecular complexity index is 856. The van der Waals surface area contributed by atoms with Gasteiger partial charge < -0.3 is 4.52 Å². The average Bonchev–Trinajstić information content (AvgIpc) is 3.20. The Labute approximate surface area is 161 Å². The first-order chi connectivity index (χ1) is 13.2. The van der Waals surface area contributed by atoms with Crippen LogP contribution in [0.25, 0.3) is 22.8 Å². The molecule has 1 saturated carbocycles. The predicted octanol–water partition coefficient (Wildman–Crippen LogP) is 6.79. The number of hydrogen-bond acceptors (Lipinski definition) is 3. The van der Waals surface area contributed by atoms with Crippen LogP contribution >= 0.6 is 0 Å². The zero-order valence-corrected chi connectivity index (χ0v) is 16.3. The second kappa shape index (κ2) is 8.08. The van der Waals surface area contributed by atoms with E-state index in [2.05, 4.69) is 60.4 Å². The summed E-state index contributed by atoms with van der Waals surface area (Å²) >= 11 is 0. The number of benzene rings is 2. The van der Waals surface area contributed by atoms with E-state index in [1.807, 2.05) is 12.1 Å². The minimum Gasteiger partial charge on any atom is -0.334 e. The number of hydrogen-bond donors (Lipinski definition) is 0. The van der Waals surface area contributed by atoms with E-state index in [0.29, 0.717) is 17.6 Å². The highest BCUT2D eigenvalue weighted by Crippen LogP contribution is 2.38. The van der Waals surface area contributed by atoms with Gasteiger partial charge in [-0.25, -0.2) is 0 Å². The lowest BCUT2D eigenvalue weighted by Gasteiger charge is -2.28. The topological polar surface area (TPSA) is 38.9 Å². The maximum absolute atomic E-state index is 5.50. The molecule has 1 aliphatic carbocycles. The van der Waals surface area contributed by atoms with Gasteiger partial charge in [-0.2, -0.15) is 4.98 Å². The van der Waals surface area contributed by atoms with Gasteiger partial charge in [-0.3, -0.25) is 0 Å². The van der Waals surface area contributed by atoms with Crippen molar-refractivity contribution in [3.63, 3.8) is 0 Å². The SMILES string of the molecule is CCCC1CCC(c2ccc(-c3nc(-c4ccc(C)cc4)no3)cc2)CC1. The quantitative estimate of drug-likeness (QED) is 0.503. The van der Waals surface area contributed by atoms with Crippen LogP contribution in [0, 0.1) is 12.8 Å². The molecule has 0 spiro atoms. The van der Waals surface area contributed by atoms with E-state index in [4.69, 9.17) is 4.52 Å². The summed E-state index contributed by atoms with van der Waals surface area (Å²) < 4.78 is 5.50. The van der Waals surface area contributed by atoms with Crippen molar-refractivity contribution in [1.82, 2.24) is 10.1 Å². The summed E-state index contributed by atoms with van der Waals surface area (Å²) in [7, 11) is 0. The standard InChI is InChI=1S/C24H28N2O/c1-3-4-18-7-11-19(12-8-18)20-13-15-22(16-14-20)24-25-23(26-27-24)21-9-5-17(2)6-10-21/h5-6,9-10,13-16,18-19H,3-4,7-8,11-12H2,1-2H3. The van der Waals surface area contributed by atoms with E-state index in [9.17, 15) is 0 Å². The van der Waals surface area contributed by atoms with Crippen LogP contribution in [0.2, 0.25) is 0 Å². The molecule has 1 heterocycles. The highest BCUT2D eigenvalue weighted by Gasteiger charge is 2.22. The Hall–Kier alpha value is -2.42. The monoisotopic (exact) mass is 360 g/mol. The second-order valence-electron chi connectivity index (χ2n) is 7.92. The van der Waals surface area contributed by atoms with Gasteiger partial charge in [0.25, 0.3) is 5.89 Å². The van der Waals surface area contributed by atoms with E-state index >= 15 is 0 Å². The van der Waals surface area contributed by atoms with Crippen LogP contribution in [0.4, 0.5) is 0 Å². The van der Waals surface area contributed by atoms with E-state index in [1.165, 1.54) is 49.7 Å². The molecular weight excluding hydrogens is 332 g/mol. The Kier molecular flexibility index (Phi) is 5.38. The molecule has 0 amide bonds. The smallest absolute Gasteiger partial charge is 0.258 e. The van der Waals surface area contributed by atoms with Crippen LogP contribution in [0.3, 0.4) is 0 Å². The molecule has 140 valence electrons. The zero-order chi connectivity index (χ0) is 18.6. The van der Waals surface area contributed by atoms with Gasteiger partial charge in [-0.15, -0.1) is 0 Å². The third kappa shape index (κ3) is 4.13. The van der Waals surface area contributed by atoms with Crippen LogP contribution < -0.4 is 0 Å². The molecule has 0 aliphatic heterocycles. The van der Waals surface area contributed by atoms with Gasteiger partial charge in [-0.05, 0) is 62.1 Å². The second-order valence-corrected chi connectivity index (χ2v) is 7.92. The van der Waals surface area contributed by atoms with E-state index in [1.54, 1.807) is 0 Å². The molecule has 2 aromatic carbocycles. The third-order valence-corrected chi connectivity index (χ3v) is 5.91. The van der Waals surface area contributed by atoms with Crippen molar-refractivity contribution < 1.29 is 4.52 Å². The fourth-order valence-corrected chi connectivity index (χ4v) is 4.25. The van der Waals surface area contributed by atoms with Gasteiger partial charge in [0, 0.05) is 11.1 Å². The van der Waals surface area contributed by atoms with Crippen LogP contribution in [0.15, 0.2) is 53.1 Å². The lowest BCUT2D eigenvalue weighted by Crippen LogP contribution is -2.13. The Balaban J connectivity index is 1.44. The molecule has 4 rings (SSSR count). The van der Waals surface area contributed by atoms with Gasteiger partial charge in [0.15, 0.2) is 0 Å². The van der Waals surface area contributed by atoms with Gasteiger partial charge in [0.05, 0.1) is 0 Å². The van der Waals surface area contributed by atoms with E-state index in [-0.39, 0.29) is 0 Å². The van der Waals surface area contributed by atoms with Crippen LogP contribution in [-0.4, -0.2) is 10.1 Å². The summed E-state index contributed by atoms with van der Waals surface area (Å²) in [4.78, 5) is 4.58. The first kappa shape index (κ1) is 18.0. The fraction of sp³-hybridized carbons (Fsp3) is 0.417. The molecule has 0 bridgehead atoms. The molecule has 0 atom stereocenters. The Morgan fingerprint density at radius 3 is 2.22 bits per heavy atom. The van der Waals surface area contributed by atoms with Crippen molar-refractivity contribution in [1.29, 1.82) is 0 Å². The van der Waals surface area contributed by atoms with Crippen molar-refractivity contribution in [2.24, 2.45) is 5.92 Å². The molecule has 0 radical (unpaired) electrons. The number of rotatable bonds is 5. The summed E-state index contributed by atoms with van der Waals surface area (Å²) in [6.07, 6.45) is 8.11. The molecule has 0 N–H and O–H groups in total. The number of aromatic nitrogens is 2. The molecule has 3 aromatic rings. The minimum absolute atomic E-state index is 0.587. The summed E-state index contributed by atoms with van der Waals surface area (Å²) in [5, 5.41) is 4.14. The average molecular weight is 361 g/mol. The van der Waals surface area contributed by atoms with Crippen molar-refractivity contribution >= 4 is 0 Å². The van der Waals surface area contributed by atoms with Crippen molar-refractivity contribution in [3.05, 3.63) is 59.7 Å². The van der Waals surface area contributed by atoms with Gasteiger partial charge in [0.2, 0.25) is 5.82 Å². The van der Waals surface area contributed by atoms with Crippen LogP contribution in [0.1, 0.15) is 62.5 Å². The number of aryl methyl sites for hydroxylation is 1. The molecule has 3 nitrogen and oxygen atoms in total. The molecule has 1 aliphatic rings. The predicted molar refractivity (Wildman–Crippen MR) is 110 cm³/mol. The van der Waals surface area contributed by atoms with E-state index < -0.39 is 0 Å². The Morgan fingerprint density at radius 2 is 1.56 bits per heavy atom. The molecule has 0 saturated heterocycles. The van der Waals surface area contributed by atoms with Crippen molar-refractivity contribution in [2.75, 3.05) is 0 Å². The highest BCUT2D eigenvalue weighted by atomic mass is 16.5. The summed E-state index contributed by atoms with van der Waals surface area (Å²) in [6.45, 7) is 4.37. The lowest BCUT2D eigenvalue weighted by molar-refractivity contribution is 0.308. The molecule has 27 heavy (non-hydrogen) atoms. The first-order valence-corrected chi connectivity index (χ1v) is 10.2. The lowest BCUT2D eigenvalue weighted by atomic mass is 9.77. The third-order valence-electron chi connectivity index (χ3n) is 5.91. The minimum atomic E-state index is 0.587. The largest absolute Gasteiger partial charge is 0.334 e. The molecule has 0 unspecified atom stereocenters. The maximum Gasteiger partial charge on any atom is 0.258 e. The van der Waals surface area contributed by atoms with E-state index in [0.717, 1.165) is 17.0 Å². The van der Waals surface area contributed by atoms with Gasteiger partial charge in [0.1, 0.15) is 0 Å². The summed E-state index contributed by atoms with van der Waals surface area (Å²) in [5.41, 5.74) is 4.65. The Morgan fingerprint density at radius 1 is 0.889 bits per heavy atom. The molecule has 3 heteroatoms. The normalized spacial score (nSPS) is 19.9. The number of nitrogens with zero attached hydrogens (tertiary/aromatic N) is 2. The molecule has 1 fully saturated rings.